The second-order valence-electron chi connectivity index (χ2n) is 6.08. The Hall–Kier alpha value is -3.94. The summed E-state index contributed by atoms with van der Waals surface area (Å²) < 4.78 is 5.37. The number of carbonyl (C=O) groups is 1. The number of carboxylic acids is 1. The van der Waals surface area contributed by atoms with Gasteiger partial charge in [0.15, 0.2) is 0 Å². The lowest BCUT2D eigenvalue weighted by Crippen LogP contribution is -2.12. The number of benzene rings is 2. The number of nitro benzene ring substituents is 1. The van der Waals surface area contributed by atoms with Crippen molar-refractivity contribution in [1.29, 1.82) is 0 Å². The van der Waals surface area contributed by atoms with Gasteiger partial charge in [0.05, 0.1) is 17.6 Å². The van der Waals surface area contributed by atoms with Gasteiger partial charge in [-0.15, -0.1) is 0 Å². The van der Waals surface area contributed by atoms with Gasteiger partial charge in [0, 0.05) is 35.9 Å². The number of nitrogens with one attached hydrogen (secondary N) is 1. The van der Waals surface area contributed by atoms with Crippen LogP contribution in [-0.4, -0.2) is 28.1 Å². The summed E-state index contributed by atoms with van der Waals surface area (Å²) in [7, 11) is 1.50. The number of carboxylic acid groups (broad SMARTS) is 1. The second kappa shape index (κ2) is 7.75. The molecule has 0 saturated carbocycles. The van der Waals surface area contributed by atoms with Gasteiger partial charge in [0.2, 0.25) is 5.56 Å². The van der Waals surface area contributed by atoms with Crippen molar-refractivity contribution in [3.63, 3.8) is 0 Å². The number of hydrogen-bond acceptors (Lipinski definition) is 5. The van der Waals surface area contributed by atoms with Crippen LogP contribution in [0.4, 0.5) is 5.69 Å². The number of non-ortho nitro benzene ring substituents is 1. The SMILES string of the molecule is COc1ccc(Cc2cc(C(=O)O)cc(=O)[nH]2)cc1-c1cccc([N+](=O)[O-])c1. The maximum Gasteiger partial charge on any atom is 0.335 e. The van der Waals surface area contributed by atoms with Crippen LogP contribution >= 0.6 is 0 Å². The average molecular weight is 380 g/mol. The highest BCUT2D eigenvalue weighted by Gasteiger charge is 2.13. The van der Waals surface area contributed by atoms with Crippen molar-refractivity contribution < 1.29 is 19.6 Å². The molecule has 0 aliphatic carbocycles. The molecule has 0 aliphatic rings. The first-order valence-electron chi connectivity index (χ1n) is 8.25. The van der Waals surface area contributed by atoms with Gasteiger partial charge in [-0.25, -0.2) is 4.79 Å². The van der Waals surface area contributed by atoms with E-state index in [-0.39, 0.29) is 17.7 Å². The van der Waals surface area contributed by atoms with E-state index in [9.17, 15) is 19.7 Å². The standard InChI is InChI=1S/C20H16N2O6/c1-28-18-6-5-12(7-15-9-14(20(24)25)11-19(23)21-15)8-17(18)13-3-2-4-16(10-13)22(26)27/h2-6,8-11H,7H2,1H3,(H,21,23)(H,24,25). The monoisotopic (exact) mass is 380 g/mol. The van der Waals surface area contributed by atoms with Crippen LogP contribution in [0.15, 0.2) is 59.4 Å². The Morgan fingerprint density at radius 2 is 1.96 bits per heavy atom. The van der Waals surface area contributed by atoms with Crippen molar-refractivity contribution in [1.82, 2.24) is 4.98 Å². The number of nitro groups is 1. The molecule has 0 atom stereocenters. The zero-order valence-electron chi connectivity index (χ0n) is 14.8. The summed E-state index contributed by atoms with van der Waals surface area (Å²) in [6.07, 6.45) is 0.280. The van der Waals surface area contributed by atoms with Gasteiger partial charge >= 0.3 is 5.97 Å². The highest BCUT2D eigenvalue weighted by Crippen LogP contribution is 2.33. The van der Waals surface area contributed by atoms with Crippen LogP contribution in [0.25, 0.3) is 11.1 Å². The van der Waals surface area contributed by atoms with Gasteiger partial charge in [-0.1, -0.05) is 18.2 Å². The lowest BCUT2D eigenvalue weighted by Gasteiger charge is -2.11. The summed E-state index contributed by atoms with van der Waals surface area (Å²) >= 11 is 0. The first-order chi connectivity index (χ1) is 13.4. The predicted molar refractivity (Wildman–Crippen MR) is 102 cm³/mol. The molecule has 0 bridgehead atoms. The molecule has 142 valence electrons. The molecular formula is C20H16N2O6. The van der Waals surface area contributed by atoms with Crippen molar-refractivity contribution in [3.05, 3.63) is 91.9 Å². The maximum atomic E-state index is 11.7. The van der Waals surface area contributed by atoms with Crippen LogP contribution in [0.3, 0.4) is 0 Å². The molecule has 28 heavy (non-hydrogen) atoms. The third-order valence-electron chi connectivity index (χ3n) is 4.17. The van der Waals surface area contributed by atoms with Gasteiger partial charge in [0.25, 0.3) is 5.69 Å². The van der Waals surface area contributed by atoms with Gasteiger partial charge in [-0.05, 0) is 29.3 Å². The smallest absolute Gasteiger partial charge is 0.335 e. The number of pyridine rings is 1. The van der Waals surface area contributed by atoms with Crippen molar-refractivity contribution in [3.8, 4) is 16.9 Å². The summed E-state index contributed by atoms with van der Waals surface area (Å²) in [5.74, 6) is -0.642. The fourth-order valence-corrected chi connectivity index (χ4v) is 2.92. The first-order valence-corrected chi connectivity index (χ1v) is 8.25. The van der Waals surface area contributed by atoms with Crippen LogP contribution in [0.1, 0.15) is 21.6 Å². The lowest BCUT2D eigenvalue weighted by molar-refractivity contribution is -0.384. The summed E-state index contributed by atoms with van der Waals surface area (Å²) in [6.45, 7) is 0. The van der Waals surface area contributed by atoms with E-state index in [1.807, 2.05) is 0 Å². The van der Waals surface area contributed by atoms with Crippen molar-refractivity contribution in [2.24, 2.45) is 0 Å². The largest absolute Gasteiger partial charge is 0.496 e. The number of aromatic amines is 1. The van der Waals surface area contributed by atoms with Crippen molar-refractivity contribution >= 4 is 11.7 Å². The van der Waals surface area contributed by atoms with Crippen molar-refractivity contribution in [2.75, 3.05) is 7.11 Å². The molecule has 0 spiro atoms. The third-order valence-corrected chi connectivity index (χ3v) is 4.17. The van der Waals surface area contributed by atoms with E-state index in [4.69, 9.17) is 9.84 Å². The molecule has 8 nitrogen and oxygen atoms in total. The van der Waals surface area contributed by atoms with Crippen LogP contribution in [0, 0.1) is 10.1 Å². The van der Waals surface area contributed by atoms with Gasteiger partial charge in [0.1, 0.15) is 5.75 Å². The molecule has 8 heteroatoms. The number of methoxy groups -OCH3 is 1. The molecule has 0 radical (unpaired) electrons. The number of nitrogens with zero attached hydrogens (tertiary/aromatic N) is 1. The van der Waals surface area contributed by atoms with Crippen LogP contribution in [-0.2, 0) is 6.42 Å². The van der Waals surface area contributed by atoms with E-state index >= 15 is 0 Å². The Morgan fingerprint density at radius 1 is 1.18 bits per heavy atom. The molecule has 0 amide bonds. The van der Waals surface area contributed by atoms with Gasteiger partial charge in [-0.3, -0.25) is 14.9 Å². The number of aromatic carboxylic acids is 1. The molecule has 3 rings (SSSR count). The second-order valence-corrected chi connectivity index (χ2v) is 6.08. The molecule has 1 heterocycles. The van der Waals surface area contributed by atoms with Crippen LogP contribution in [0.5, 0.6) is 5.75 Å². The number of ether oxygens (including phenoxy) is 1. The number of hydrogen-bond donors (Lipinski definition) is 2. The molecule has 2 aromatic carbocycles. The molecule has 0 fully saturated rings. The zero-order chi connectivity index (χ0) is 20.3. The minimum Gasteiger partial charge on any atom is -0.496 e. The molecule has 0 aliphatic heterocycles. The summed E-state index contributed by atoms with van der Waals surface area (Å²) in [5, 5.41) is 20.2. The zero-order valence-corrected chi connectivity index (χ0v) is 14.8. The van der Waals surface area contributed by atoms with E-state index in [0.29, 0.717) is 22.6 Å². The molecule has 3 aromatic rings. The third kappa shape index (κ3) is 4.07. The Morgan fingerprint density at radius 3 is 2.64 bits per heavy atom. The number of rotatable bonds is 6. The lowest BCUT2D eigenvalue weighted by atomic mass is 9.99. The summed E-state index contributed by atoms with van der Waals surface area (Å²) in [4.78, 5) is 36.0. The highest BCUT2D eigenvalue weighted by molar-refractivity contribution is 5.87. The fourth-order valence-electron chi connectivity index (χ4n) is 2.92. The Kier molecular flexibility index (Phi) is 5.21. The normalized spacial score (nSPS) is 10.5. The summed E-state index contributed by atoms with van der Waals surface area (Å²) in [5.41, 5.74) is 1.86. The Bertz CT molecular complexity index is 1120. The van der Waals surface area contributed by atoms with E-state index in [1.54, 1.807) is 30.3 Å². The summed E-state index contributed by atoms with van der Waals surface area (Å²) in [6, 6.07) is 13.9. The Balaban J connectivity index is 2.02. The van der Waals surface area contributed by atoms with E-state index < -0.39 is 16.5 Å². The average Bonchev–Trinajstić information content (AvgIpc) is 2.67. The maximum absolute atomic E-state index is 11.7. The van der Waals surface area contributed by atoms with Crippen LogP contribution < -0.4 is 10.3 Å². The van der Waals surface area contributed by atoms with E-state index in [1.165, 1.54) is 25.3 Å². The number of aromatic nitrogens is 1. The topological polar surface area (TPSA) is 123 Å². The fraction of sp³-hybridized carbons (Fsp3) is 0.100. The van der Waals surface area contributed by atoms with Gasteiger partial charge in [-0.2, -0.15) is 0 Å². The van der Waals surface area contributed by atoms with E-state index in [0.717, 1.165) is 11.6 Å². The molecular weight excluding hydrogens is 364 g/mol. The van der Waals surface area contributed by atoms with Crippen LogP contribution in [0.2, 0.25) is 0 Å². The Labute approximate surface area is 159 Å². The van der Waals surface area contributed by atoms with Crippen molar-refractivity contribution in [2.45, 2.75) is 6.42 Å². The predicted octanol–water partition coefficient (Wildman–Crippen LogP) is 3.25. The van der Waals surface area contributed by atoms with E-state index in [2.05, 4.69) is 4.98 Å². The quantitative estimate of drug-likeness (QED) is 0.500. The number of H-pyrrole nitrogens is 1. The highest BCUT2D eigenvalue weighted by atomic mass is 16.6. The molecule has 0 unspecified atom stereocenters. The van der Waals surface area contributed by atoms with Gasteiger partial charge < -0.3 is 14.8 Å². The minimum absolute atomic E-state index is 0.0385. The first kappa shape index (κ1) is 18.8. The molecule has 1 aromatic heterocycles. The minimum atomic E-state index is -1.18. The molecule has 2 N–H and O–H groups in total. The molecule has 0 saturated heterocycles.